The van der Waals surface area contributed by atoms with Gasteiger partial charge in [0.1, 0.15) is 5.76 Å². The number of aromatic nitrogens is 2. The lowest BCUT2D eigenvalue weighted by Gasteiger charge is -2.04. The molecule has 0 amide bonds. The molecule has 0 aliphatic heterocycles. The van der Waals surface area contributed by atoms with Gasteiger partial charge in [0.25, 0.3) is 0 Å². The first-order valence-electron chi connectivity index (χ1n) is 5.47. The van der Waals surface area contributed by atoms with Crippen molar-refractivity contribution in [1.29, 1.82) is 0 Å². The number of furan rings is 1. The molecule has 1 aromatic carbocycles. The van der Waals surface area contributed by atoms with Gasteiger partial charge in [0.2, 0.25) is 0 Å². The van der Waals surface area contributed by atoms with Crippen LogP contribution in [0.1, 0.15) is 0 Å². The maximum atomic E-state index is 5.45. The van der Waals surface area contributed by atoms with E-state index >= 15 is 0 Å². The summed E-state index contributed by atoms with van der Waals surface area (Å²) in [5.41, 5.74) is 3.11. The van der Waals surface area contributed by atoms with E-state index in [1.54, 1.807) is 10.9 Å². The lowest BCUT2D eigenvalue weighted by Crippen LogP contribution is -1.89. The molecule has 0 spiro atoms. The molecular formula is C14H12N2O. The first-order valence-corrected chi connectivity index (χ1v) is 5.47. The van der Waals surface area contributed by atoms with Gasteiger partial charge in [-0.05, 0) is 18.2 Å². The highest BCUT2D eigenvalue weighted by Gasteiger charge is 2.10. The third-order valence-corrected chi connectivity index (χ3v) is 2.70. The maximum absolute atomic E-state index is 5.45. The standard InChI is InChI=1S/C14H12N2O/c1-16-9-8-13(15-16)11-5-2-3-6-12(11)14-7-4-10-17-14/h2-10H,1H3. The van der Waals surface area contributed by atoms with Crippen LogP contribution in [0.2, 0.25) is 0 Å². The molecule has 0 N–H and O–H groups in total. The van der Waals surface area contributed by atoms with Crippen molar-refractivity contribution in [2.45, 2.75) is 0 Å². The van der Waals surface area contributed by atoms with E-state index in [0.29, 0.717) is 0 Å². The largest absolute Gasteiger partial charge is 0.464 e. The molecule has 0 aliphatic carbocycles. The molecule has 3 aromatic rings. The van der Waals surface area contributed by atoms with Gasteiger partial charge < -0.3 is 4.42 Å². The third kappa shape index (κ3) is 1.76. The molecule has 3 rings (SSSR count). The van der Waals surface area contributed by atoms with Crippen molar-refractivity contribution in [2.75, 3.05) is 0 Å². The van der Waals surface area contributed by atoms with E-state index in [4.69, 9.17) is 4.42 Å². The van der Waals surface area contributed by atoms with Crippen LogP contribution in [0, 0.1) is 0 Å². The number of nitrogens with zero attached hydrogens (tertiary/aromatic N) is 2. The molecule has 0 unspecified atom stereocenters. The Morgan fingerprint density at radius 3 is 2.47 bits per heavy atom. The Morgan fingerprint density at radius 1 is 1.00 bits per heavy atom. The summed E-state index contributed by atoms with van der Waals surface area (Å²) in [6.07, 6.45) is 3.62. The molecular weight excluding hydrogens is 212 g/mol. The molecule has 0 radical (unpaired) electrons. The Balaban J connectivity index is 2.17. The Hall–Kier alpha value is -2.29. The second kappa shape index (κ2) is 3.94. The van der Waals surface area contributed by atoms with Crippen LogP contribution in [0.15, 0.2) is 59.3 Å². The zero-order chi connectivity index (χ0) is 11.7. The van der Waals surface area contributed by atoms with Gasteiger partial charge in [0, 0.05) is 24.4 Å². The van der Waals surface area contributed by atoms with Crippen LogP contribution in [-0.2, 0) is 7.05 Å². The van der Waals surface area contributed by atoms with Gasteiger partial charge in [-0.1, -0.05) is 24.3 Å². The summed E-state index contributed by atoms with van der Waals surface area (Å²) in [5, 5.41) is 4.43. The molecule has 0 atom stereocenters. The normalized spacial score (nSPS) is 10.6. The monoisotopic (exact) mass is 224 g/mol. The number of benzene rings is 1. The van der Waals surface area contributed by atoms with E-state index in [2.05, 4.69) is 11.2 Å². The van der Waals surface area contributed by atoms with Gasteiger partial charge in [-0.3, -0.25) is 4.68 Å². The lowest BCUT2D eigenvalue weighted by molar-refractivity contribution is 0.582. The van der Waals surface area contributed by atoms with E-state index in [9.17, 15) is 0 Å². The van der Waals surface area contributed by atoms with Crippen LogP contribution < -0.4 is 0 Å². The van der Waals surface area contributed by atoms with Crippen molar-refractivity contribution in [3.05, 3.63) is 54.9 Å². The lowest BCUT2D eigenvalue weighted by atomic mass is 10.0. The second-order valence-electron chi connectivity index (χ2n) is 3.90. The van der Waals surface area contributed by atoms with Gasteiger partial charge in [0.05, 0.1) is 12.0 Å². The molecule has 3 nitrogen and oxygen atoms in total. The van der Waals surface area contributed by atoms with Gasteiger partial charge in [0.15, 0.2) is 0 Å². The average molecular weight is 224 g/mol. The van der Waals surface area contributed by atoms with E-state index in [0.717, 1.165) is 22.6 Å². The highest BCUT2D eigenvalue weighted by Crippen LogP contribution is 2.30. The zero-order valence-electron chi connectivity index (χ0n) is 9.50. The summed E-state index contributed by atoms with van der Waals surface area (Å²) in [6.45, 7) is 0. The molecule has 2 heterocycles. The SMILES string of the molecule is Cn1ccc(-c2ccccc2-c2ccco2)n1. The highest BCUT2D eigenvalue weighted by atomic mass is 16.3. The minimum atomic E-state index is 0.867. The van der Waals surface area contributed by atoms with Gasteiger partial charge in [-0.2, -0.15) is 5.10 Å². The summed E-state index contributed by atoms with van der Waals surface area (Å²) in [5.74, 6) is 0.867. The first-order chi connectivity index (χ1) is 8.34. The fourth-order valence-corrected chi connectivity index (χ4v) is 1.91. The van der Waals surface area contributed by atoms with Crippen molar-refractivity contribution in [3.8, 4) is 22.6 Å². The fourth-order valence-electron chi connectivity index (χ4n) is 1.91. The number of aryl methyl sites for hydroxylation is 1. The first kappa shape index (κ1) is 9.90. The van der Waals surface area contributed by atoms with Crippen LogP contribution >= 0.6 is 0 Å². The summed E-state index contributed by atoms with van der Waals surface area (Å²) >= 11 is 0. The van der Waals surface area contributed by atoms with Crippen molar-refractivity contribution >= 4 is 0 Å². The number of rotatable bonds is 2. The van der Waals surface area contributed by atoms with Crippen LogP contribution in [0.5, 0.6) is 0 Å². The highest BCUT2D eigenvalue weighted by molar-refractivity contribution is 5.79. The van der Waals surface area contributed by atoms with Crippen LogP contribution in [0.4, 0.5) is 0 Å². The Labute approximate surface area is 99.3 Å². The quantitative estimate of drug-likeness (QED) is 0.668. The molecule has 0 saturated heterocycles. The van der Waals surface area contributed by atoms with E-state index < -0.39 is 0 Å². The van der Waals surface area contributed by atoms with Crippen molar-refractivity contribution < 1.29 is 4.42 Å². The Kier molecular flexibility index (Phi) is 2.29. The van der Waals surface area contributed by atoms with Crippen molar-refractivity contribution in [3.63, 3.8) is 0 Å². The molecule has 0 saturated carbocycles. The summed E-state index contributed by atoms with van der Waals surface area (Å²) in [7, 11) is 1.92. The number of hydrogen-bond donors (Lipinski definition) is 0. The second-order valence-corrected chi connectivity index (χ2v) is 3.90. The third-order valence-electron chi connectivity index (χ3n) is 2.70. The van der Waals surface area contributed by atoms with Crippen LogP contribution in [-0.4, -0.2) is 9.78 Å². The topological polar surface area (TPSA) is 31.0 Å². The molecule has 3 heteroatoms. The summed E-state index contributed by atoms with van der Waals surface area (Å²) in [6, 6.07) is 14.0. The summed E-state index contributed by atoms with van der Waals surface area (Å²) < 4.78 is 7.25. The predicted molar refractivity (Wildman–Crippen MR) is 66.3 cm³/mol. The maximum Gasteiger partial charge on any atom is 0.134 e. The predicted octanol–water partition coefficient (Wildman–Crippen LogP) is 3.35. The van der Waals surface area contributed by atoms with E-state index in [1.165, 1.54) is 0 Å². The Bertz CT molecular complexity index is 623. The van der Waals surface area contributed by atoms with Gasteiger partial charge in [-0.25, -0.2) is 0 Å². The smallest absolute Gasteiger partial charge is 0.134 e. The van der Waals surface area contributed by atoms with Gasteiger partial charge in [-0.15, -0.1) is 0 Å². The molecule has 84 valence electrons. The van der Waals surface area contributed by atoms with Crippen molar-refractivity contribution in [2.24, 2.45) is 7.05 Å². The Morgan fingerprint density at radius 2 is 1.82 bits per heavy atom. The number of hydrogen-bond acceptors (Lipinski definition) is 2. The van der Waals surface area contributed by atoms with Gasteiger partial charge >= 0.3 is 0 Å². The molecule has 0 aliphatic rings. The molecule has 2 aromatic heterocycles. The zero-order valence-corrected chi connectivity index (χ0v) is 9.50. The minimum Gasteiger partial charge on any atom is -0.464 e. The molecule has 17 heavy (non-hydrogen) atoms. The fraction of sp³-hybridized carbons (Fsp3) is 0.0714. The average Bonchev–Trinajstić information content (AvgIpc) is 3.00. The summed E-state index contributed by atoms with van der Waals surface area (Å²) in [4.78, 5) is 0. The van der Waals surface area contributed by atoms with E-state index in [-0.39, 0.29) is 0 Å². The van der Waals surface area contributed by atoms with Crippen molar-refractivity contribution in [1.82, 2.24) is 9.78 Å². The molecule has 0 bridgehead atoms. The van der Waals surface area contributed by atoms with E-state index in [1.807, 2.05) is 49.6 Å². The van der Waals surface area contributed by atoms with Crippen LogP contribution in [0.3, 0.4) is 0 Å². The molecule has 0 fully saturated rings. The van der Waals surface area contributed by atoms with Crippen LogP contribution in [0.25, 0.3) is 22.6 Å². The minimum absolute atomic E-state index is 0.867.